The summed E-state index contributed by atoms with van der Waals surface area (Å²) in [6, 6.07) is 4.58. The number of anilines is 1. The van der Waals surface area contributed by atoms with Crippen molar-refractivity contribution in [3.05, 3.63) is 22.7 Å². The quantitative estimate of drug-likeness (QED) is 0.633. The minimum Gasteiger partial charge on any atom is -0.398 e. The summed E-state index contributed by atoms with van der Waals surface area (Å²) in [5.74, 6) is 0. The van der Waals surface area contributed by atoms with E-state index in [4.69, 9.17) is 10.5 Å². The SMILES string of the molecule is COCCCN(C)S(=O)(=O)c1ccc(N)c(Br)c1. The Labute approximate surface area is 116 Å². The first-order valence-corrected chi connectivity index (χ1v) is 7.63. The number of nitrogens with zero attached hydrogens (tertiary/aromatic N) is 1. The first kappa shape index (κ1) is 15.4. The summed E-state index contributed by atoms with van der Waals surface area (Å²) >= 11 is 3.22. The predicted molar refractivity (Wildman–Crippen MR) is 74.9 cm³/mol. The molecular formula is C11H17BrN2O3S. The molecule has 0 radical (unpaired) electrons. The fourth-order valence-corrected chi connectivity index (χ4v) is 3.17. The predicted octanol–water partition coefficient (Wildman–Crippen LogP) is 1.69. The Morgan fingerprint density at radius 1 is 1.44 bits per heavy atom. The van der Waals surface area contributed by atoms with E-state index in [1.165, 1.54) is 16.4 Å². The van der Waals surface area contributed by atoms with Crippen molar-refractivity contribution >= 4 is 31.6 Å². The number of halogens is 1. The van der Waals surface area contributed by atoms with Crippen molar-refractivity contribution in [2.24, 2.45) is 0 Å². The van der Waals surface area contributed by atoms with Gasteiger partial charge in [0.1, 0.15) is 0 Å². The number of rotatable bonds is 6. The summed E-state index contributed by atoms with van der Waals surface area (Å²) in [4.78, 5) is 0.225. The van der Waals surface area contributed by atoms with E-state index in [0.717, 1.165) is 0 Å². The third kappa shape index (κ3) is 3.68. The molecule has 0 saturated carbocycles. The van der Waals surface area contributed by atoms with Crippen molar-refractivity contribution in [1.29, 1.82) is 0 Å². The molecule has 1 aromatic carbocycles. The van der Waals surface area contributed by atoms with Crippen LogP contribution in [-0.2, 0) is 14.8 Å². The molecule has 0 bridgehead atoms. The molecule has 0 amide bonds. The molecule has 0 spiro atoms. The molecule has 2 N–H and O–H groups in total. The van der Waals surface area contributed by atoms with Crippen LogP contribution in [0.2, 0.25) is 0 Å². The van der Waals surface area contributed by atoms with E-state index in [0.29, 0.717) is 29.7 Å². The summed E-state index contributed by atoms with van der Waals surface area (Å²) in [7, 11) is -0.327. The molecule has 1 aromatic rings. The Bertz CT molecular complexity index is 505. The lowest BCUT2D eigenvalue weighted by molar-refractivity contribution is 0.189. The normalized spacial score (nSPS) is 12.0. The van der Waals surface area contributed by atoms with Crippen LogP contribution in [0.3, 0.4) is 0 Å². The van der Waals surface area contributed by atoms with Gasteiger partial charge in [0, 0.05) is 37.5 Å². The first-order chi connectivity index (χ1) is 8.39. The zero-order valence-corrected chi connectivity index (χ0v) is 12.8. The number of hydrogen-bond donors (Lipinski definition) is 1. The maximum atomic E-state index is 12.2. The van der Waals surface area contributed by atoms with Crippen LogP contribution in [0.15, 0.2) is 27.6 Å². The van der Waals surface area contributed by atoms with Crippen LogP contribution in [0.5, 0.6) is 0 Å². The van der Waals surface area contributed by atoms with Gasteiger partial charge in [0.2, 0.25) is 10.0 Å². The largest absolute Gasteiger partial charge is 0.398 e. The van der Waals surface area contributed by atoms with Crippen LogP contribution in [0.1, 0.15) is 6.42 Å². The fourth-order valence-electron chi connectivity index (χ4n) is 1.40. The van der Waals surface area contributed by atoms with Crippen LogP contribution in [0.25, 0.3) is 0 Å². The summed E-state index contributed by atoms with van der Waals surface area (Å²) < 4.78 is 31.2. The van der Waals surface area contributed by atoms with E-state index in [9.17, 15) is 8.42 Å². The number of nitrogen functional groups attached to an aromatic ring is 1. The van der Waals surface area contributed by atoms with E-state index in [1.807, 2.05) is 0 Å². The van der Waals surface area contributed by atoms with Crippen molar-refractivity contribution in [2.75, 3.05) is 33.0 Å². The number of ether oxygens (including phenoxy) is 1. The van der Waals surface area contributed by atoms with E-state index < -0.39 is 10.0 Å². The average Bonchev–Trinajstić information content (AvgIpc) is 2.32. The highest BCUT2D eigenvalue weighted by Crippen LogP contribution is 2.24. The lowest BCUT2D eigenvalue weighted by atomic mass is 10.3. The van der Waals surface area contributed by atoms with Gasteiger partial charge in [-0.2, -0.15) is 0 Å². The highest BCUT2D eigenvalue weighted by Gasteiger charge is 2.20. The average molecular weight is 337 g/mol. The molecule has 102 valence electrons. The molecule has 18 heavy (non-hydrogen) atoms. The molecule has 0 aliphatic heterocycles. The molecule has 0 aliphatic carbocycles. The first-order valence-electron chi connectivity index (χ1n) is 5.40. The number of sulfonamides is 1. The molecule has 0 fully saturated rings. The molecule has 1 rings (SSSR count). The fraction of sp³-hybridized carbons (Fsp3) is 0.455. The lowest BCUT2D eigenvalue weighted by Gasteiger charge is -2.17. The van der Waals surface area contributed by atoms with Gasteiger partial charge < -0.3 is 10.5 Å². The maximum Gasteiger partial charge on any atom is 0.242 e. The topological polar surface area (TPSA) is 72.6 Å². The van der Waals surface area contributed by atoms with Crippen LogP contribution in [-0.4, -0.2) is 40.0 Å². The van der Waals surface area contributed by atoms with Gasteiger partial charge >= 0.3 is 0 Å². The summed E-state index contributed by atoms with van der Waals surface area (Å²) in [5, 5.41) is 0. The molecule has 0 unspecified atom stereocenters. The van der Waals surface area contributed by atoms with Gasteiger partial charge in [-0.3, -0.25) is 0 Å². The lowest BCUT2D eigenvalue weighted by Crippen LogP contribution is -2.28. The van der Waals surface area contributed by atoms with Crippen LogP contribution >= 0.6 is 15.9 Å². The number of methoxy groups -OCH3 is 1. The zero-order valence-electron chi connectivity index (χ0n) is 10.4. The Morgan fingerprint density at radius 3 is 2.67 bits per heavy atom. The maximum absolute atomic E-state index is 12.2. The second-order valence-electron chi connectivity index (χ2n) is 3.86. The zero-order chi connectivity index (χ0) is 13.8. The van der Waals surface area contributed by atoms with Crippen molar-refractivity contribution in [2.45, 2.75) is 11.3 Å². The van der Waals surface area contributed by atoms with Crippen molar-refractivity contribution in [3.63, 3.8) is 0 Å². The molecule has 0 atom stereocenters. The standard InChI is InChI=1S/C11H17BrN2O3S/c1-14(6-3-7-17-2)18(15,16)9-4-5-11(13)10(12)8-9/h4-5,8H,3,6-7,13H2,1-2H3. The number of benzene rings is 1. The third-order valence-electron chi connectivity index (χ3n) is 2.50. The minimum absolute atomic E-state index is 0.225. The van der Waals surface area contributed by atoms with Gasteiger partial charge in [0.15, 0.2) is 0 Å². The second-order valence-corrected chi connectivity index (χ2v) is 6.76. The smallest absolute Gasteiger partial charge is 0.242 e. The van der Waals surface area contributed by atoms with Gasteiger partial charge in [-0.25, -0.2) is 12.7 Å². The summed E-state index contributed by atoms with van der Waals surface area (Å²) in [6.07, 6.45) is 0.655. The van der Waals surface area contributed by atoms with Gasteiger partial charge in [-0.15, -0.1) is 0 Å². The van der Waals surface area contributed by atoms with E-state index in [1.54, 1.807) is 20.2 Å². The molecular weight excluding hydrogens is 320 g/mol. The van der Waals surface area contributed by atoms with Gasteiger partial charge in [0.05, 0.1) is 4.90 Å². The molecule has 7 heteroatoms. The molecule has 0 heterocycles. The number of hydrogen-bond acceptors (Lipinski definition) is 4. The summed E-state index contributed by atoms with van der Waals surface area (Å²) in [6.45, 7) is 0.948. The van der Waals surface area contributed by atoms with Crippen molar-refractivity contribution in [1.82, 2.24) is 4.31 Å². The second kappa shape index (κ2) is 6.51. The van der Waals surface area contributed by atoms with Crippen molar-refractivity contribution < 1.29 is 13.2 Å². The molecule has 0 aliphatic rings. The van der Waals surface area contributed by atoms with Crippen LogP contribution in [0, 0.1) is 0 Å². The molecule has 5 nitrogen and oxygen atoms in total. The number of nitrogens with two attached hydrogens (primary N) is 1. The van der Waals surface area contributed by atoms with Gasteiger partial charge in [0.25, 0.3) is 0 Å². The molecule has 0 aromatic heterocycles. The Morgan fingerprint density at radius 2 is 2.11 bits per heavy atom. The highest BCUT2D eigenvalue weighted by molar-refractivity contribution is 9.10. The summed E-state index contributed by atoms with van der Waals surface area (Å²) in [5.41, 5.74) is 6.14. The van der Waals surface area contributed by atoms with Gasteiger partial charge in [-0.1, -0.05) is 0 Å². The van der Waals surface area contributed by atoms with E-state index in [2.05, 4.69) is 15.9 Å². The Hall–Kier alpha value is -0.630. The molecule has 0 saturated heterocycles. The third-order valence-corrected chi connectivity index (χ3v) is 5.04. The van der Waals surface area contributed by atoms with Gasteiger partial charge in [-0.05, 0) is 40.5 Å². The monoisotopic (exact) mass is 336 g/mol. The van der Waals surface area contributed by atoms with Crippen LogP contribution < -0.4 is 5.73 Å². The highest BCUT2D eigenvalue weighted by atomic mass is 79.9. The van der Waals surface area contributed by atoms with Crippen LogP contribution in [0.4, 0.5) is 5.69 Å². The Kier molecular flexibility index (Phi) is 5.58. The Balaban J connectivity index is 2.88. The van der Waals surface area contributed by atoms with E-state index in [-0.39, 0.29) is 4.90 Å². The minimum atomic E-state index is -3.47. The van der Waals surface area contributed by atoms with Crippen molar-refractivity contribution in [3.8, 4) is 0 Å². The van der Waals surface area contributed by atoms with E-state index >= 15 is 0 Å².